The second-order valence-corrected chi connectivity index (χ2v) is 8.39. The summed E-state index contributed by atoms with van der Waals surface area (Å²) in [7, 11) is 0. The number of piperidine rings is 1. The summed E-state index contributed by atoms with van der Waals surface area (Å²) in [4.78, 5) is 19.4. The van der Waals surface area contributed by atoms with E-state index in [1.807, 2.05) is 0 Å². The highest BCUT2D eigenvalue weighted by Crippen LogP contribution is 2.32. The number of aromatic nitrogens is 1. The maximum atomic E-state index is 13.8. The first-order valence-electron chi connectivity index (χ1n) is 9.40. The fraction of sp³-hybridized carbons (Fsp3) is 0.579. The zero-order chi connectivity index (χ0) is 18.1. The predicted octanol–water partition coefficient (Wildman–Crippen LogP) is 4.56. The van der Waals surface area contributed by atoms with Crippen LogP contribution in [0.4, 0.5) is 13.9 Å². The summed E-state index contributed by atoms with van der Waals surface area (Å²) >= 11 is 1.11. The standard InChI is InChI=1S/C19H23F2N3OS/c20-13-10-15(21)17-16(11-13)26-19(22-17)23-18(25)12-5-4-6-14(9-12)24-7-2-1-3-8-24/h10-12,14H,1-9H2,(H,22,23,25). The number of likely N-dealkylation sites (tertiary alicyclic amines) is 1. The maximum Gasteiger partial charge on any atom is 0.229 e. The summed E-state index contributed by atoms with van der Waals surface area (Å²) in [6.07, 6.45) is 7.78. The summed E-state index contributed by atoms with van der Waals surface area (Å²) in [5.74, 6) is -1.41. The van der Waals surface area contributed by atoms with E-state index in [2.05, 4.69) is 15.2 Å². The lowest BCUT2D eigenvalue weighted by atomic mass is 9.84. The molecule has 4 nitrogen and oxygen atoms in total. The molecule has 4 rings (SSSR count). The molecule has 2 aliphatic rings. The van der Waals surface area contributed by atoms with Crippen molar-refractivity contribution in [2.24, 2.45) is 5.92 Å². The van der Waals surface area contributed by atoms with Crippen LogP contribution in [0.1, 0.15) is 44.9 Å². The number of halogens is 2. The van der Waals surface area contributed by atoms with E-state index in [0.29, 0.717) is 15.9 Å². The van der Waals surface area contributed by atoms with Gasteiger partial charge in [0.2, 0.25) is 5.91 Å². The number of benzene rings is 1. The van der Waals surface area contributed by atoms with Gasteiger partial charge in [0, 0.05) is 18.0 Å². The largest absolute Gasteiger partial charge is 0.302 e. The first-order chi connectivity index (χ1) is 12.6. The van der Waals surface area contributed by atoms with Gasteiger partial charge in [-0.15, -0.1) is 0 Å². The molecule has 1 aromatic carbocycles. The van der Waals surface area contributed by atoms with Crippen molar-refractivity contribution >= 4 is 32.6 Å². The minimum Gasteiger partial charge on any atom is -0.302 e. The Balaban J connectivity index is 1.43. The Morgan fingerprint density at radius 3 is 2.77 bits per heavy atom. The van der Waals surface area contributed by atoms with Crippen molar-refractivity contribution in [3.8, 4) is 0 Å². The number of amides is 1. The molecule has 1 N–H and O–H groups in total. The third-order valence-corrected chi connectivity index (χ3v) is 6.49. The lowest BCUT2D eigenvalue weighted by molar-refractivity contribution is -0.121. The highest BCUT2D eigenvalue weighted by Gasteiger charge is 2.31. The summed E-state index contributed by atoms with van der Waals surface area (Å²) in [6, 6.07) is 2.55. The highest BCUT2D eigenvalue weighted by atomic mass is 32.1. The second kappa shape index (κ2) is 7.56. The molecule has 2 fully saturated rings. The van der Waals surface area contributed by atoms with Crippen molar-refractivity contribution < 1.29 is 13.6 Å². The fourth-order valence-electron chi connectivity index (χ4n) is 4.24. The molecule has 1 amide bonds. The third kappa shape index (κ3) is 3.74. The van der Waals surface area contributed by atoms with Crippen molar-refractivity contribution in [3.05, 3.63) is 23.8 Å². The van der Waals surface area contributed by atoms with Crippen LogP contribution in [0.2, 0.25) is 0 Å². The van der Waals surface area contributed by atoms with Gasteiger partial charge < -0.3 is 10.2 Å². The van der Waals surface area contributed by atoms with Crippen molar-refractivity contribution in [1.82, 2.24) is 9.88 Å². The minimum absolute atomic E-state index is 0.0377. The molecule has 2 unspecified atom stereocenters. The first-order valence-corrected chi connectivity index (χ1v) is 10.2. The topological polar surface area (TPSA) is 45.2 Å². The van der Waals surface area contributed by atoms with Gasteiger partial charge in [0.05, 0.1) is 4.70 Å². The quantitative estimate of drug-likeness (QED) is 0.850. The molecule has 1 saturated heterocycles. The van der Waals surface area contributed by atoms with Crippen LogP contribution < -0.4 is 5.32 Å². The van der Waals surface area contributed by atoms with E-state index in [9.17, 15) is 13.6 Å². The Morgan fingerprint density at radius 1 is 1.15 bits per heavy atom. The Kier molecular flexibility index (Phi) is 5.18. The normalized spacial score (nSPS) is 24.7. The molecule has 2 heterocycles. The van der Waals surface area contributed by atoms with Crippen LogP contribution >= 0.6 is 11.3 Å². The third-order valence-electron chi connectivity index (χ3n) is 5.57. The van der Waals surface area contributed by atoms with E-state index in [0.717, 1.165) is 56.2 Å². The van der Waals surface area contributed by atoms with Gasteiger partial charge in [-0.25, -0.2) is 13.8 Å². The van der Waals surface area contributed by atoms with Gasteiger partial charge in [0.15, 0.2) is 10.9 Å². The first kappa shape index (κ1) is 17.8. The summed E-state index contributed by atoms with van der Waals surface area (Å²) < 4.78 is 27.5. The Labute approximate surface area is 155 Å². The number of carbonyl (C=O) groups is 1. The van der Waals surface area contributed by atoms with Crippen molar-refractivity contribution in [2.45, 2.75) is 51.0 Å². The molecule has 2 aromatic rings. The van der Waals surface area contributed by atoms with Crippen LogP contribution in [0.25, 0.3) is 10.2 Å². The molecule has 0 radical (unpaired) electrons. The molecule has 0 bridgehead atoms. The average molecular weight is 379 g/mol. The predicted molar refractivity (Wildman–Crippen MR) is 99.3 cm³/mol. The minimum atomic E-state index is -0.695. The number of carbonyl (C=O) groups excluding carboxylic acids is 1. The van der Waals surface area contributed by atoms with Crippen molar-refractivity contribution in [2.75, 3.05) is 18.4 Å². The molecule has 140 valence electrons. The number of anilines is 1. The van der Waals surface area contributed by atoms with Crippen LogP contribution in [-0.2, 0) is 4.79 Å². The van der Waals surface area contributed by atoms with E-state index in [1.165, 1.54) is 25.3 Å². The molecular formula is C19H23F2N3OS. The van der Waals surface area contributed by atoms with Gasteiger partial charge in [-0.3, -0.25) is 4.79 Å². The van der Waals surface area contributed by atoms with Crippen LogP contribution in [0.3, 0.4) is 0 Å². The SMILES string of the molecule is O=C(Nc1nc2c(F)cc(F)cc2s1)C1CCCC(N2CCCCC2)C1. The molecule has 1 aliphatic carbocycles. The van der Waals surface area contributed by atoms with Crippen LogP contribution in [0.5, 0.6) is 0 Å². The lowest BCUT2D eigenvalue weighted by Crippen LogP contribution is -2.43. The fourth-order valence-corrected chi connectivity index (χ4v) is 5.14. The van der Waals surface area contributed by atoms with Crippen LogP contribution in [0.15, 0.2) is 12.1 Å². The van der Waals surface area contributed by atoms with E-state index in [4.69, 9.17) is 0 Å². The number of thiazole rings is 1. The molecule has 26 heavy (non-hydrogen) atoms. The molecule has 1 aliphatic heterocycles. The smallest absolute Gasteiger partial charge is 0.229 e. The number of nitrogens with one attached hydrogen (secondary N) is 1. The van der Waals surface area contributed by atoms with Crippen LogP contribution in [0, 0.1) is 17.6 Å². The average Bonchev–Trinajstić information content (AvgIpc) is 3.05. The van der Waals surface area contributed by atoms with Gasteiger partial charge in [-0.05, 0) is 51.3 Å². The Hall–Kier alpha value is -1.60. The zero-order valence-corrected chi connectivity index (χ0v) is 15.5. The van der Waals surface area contributed by atoms with E-state index in [-0.39, 0.29) is 17.3 Å². The van der Waals surface area contributed by atoms with Crippen molar-refractivity contribution in [3.63, 3.8) is 0 Å². The summed E-state index contributed by atoms with van der Waals surface area (Å²) in [6.45, 7) is 2.28. The molecular weight excluding hydrogens is 356 g/mol. The van der Waals surface area contributed by atoms with E-state index >= 15 is 0 Å². The second-order valence-electron chi connectivity index (χ2n) is 7.36. The monoisotopic (exact) mass is 379 g/mol. The van der Waals surface area contributed by atoms with Crippen LogP contribution in [-0.4, -0.2) is 34.9 Å². The molecule has 2 atom stereocenters. The van der Waals surface area contributed by atoms with Gasteiger partial charge in [-0.1, -0.05) is 24.2 Å². The van der Waals surface area contributed by atoms with E-state index in [1.54, 1.807) is 0 Å². The molecule has 1 aromatic heterocycles. The molecule has 7 heteroatoms. The van der Waals surface area contributed by atoms with Gasteiger partial charge in [0.25, 0.3) is 0 Å². The number of nitrogens with zero attached hydrogens (tertiary/aromatic N) is 2. The maximum absolute atomic E-state index is 13.8. The van der Waals surface area contributed by atoms with E-state index < -0.39 is 11.6 Å². The zero-order valence-electron chi connectivity index (χ0n) is 14.6. The highest BCUT2D eigenvalue weighted by molar-refractivity contribution is 7.22. The van der Waals surface area contributed by atoms with Gasteiger partial charge >= 0.3 is 0 Å². The summed E-state index contributed by atoms with van der Waals surface area (Å²) in [5, 5.41) is 3.17. The Bertz CT molecular complexity index is 803. The number of hydrogen-bond donors (Lipinski definition) is 1. The Morgan fingerprint density at radius 2 is 1.96 bits per heavy atom. The molecule has 1 saturated carbocycles. The number of fused-ring (bicyclic) bond motifs is 1. The van der Waals surface area contributed by atoms with Gasteiger partial charge in [0.1, 0.15) is 11.3 Å². The number of hydrogen-bond acceptors (Lipinski definition) is 4. The lowest BCUT2D eigenvalue weighted by Gasteiger charge is -2.39. The van der Waals surface area contributed by atoms with Gasteiger partial charge in [-0.2, -0.15) is 0 Å². The molecule has 0 spiro atoms. The number of rotatable bonds is 3. The summed E-state index contributed by atoms with van der Waals surface area (Å²) in [5.41, 5.74) is 0.113. The van der Waals surface area contributed by atoms with Crippen molar-refractivity contribution in [1.29, 1.82) is 0 Å².